The highest BCUT2D eigenvalue weighted by Gasteiger charge is 2.29. The number of nitro benzene ring substituents is 1. The van der Waals surface area contributed by atoms with Gasteiger partial charge < -0.3 is 10.6 Å². The maximum absolute atomic E-state index is 10.8. The van der Waals surface area contributed by atoms with Crippen molar-refractivity contribution < 1.29 is 4.92 Å². The fraction of sp³-hybridized carbons (Fsp3) is 0.500. The summed E-state index contributed by atoms with van der Waals surface area (Å²) in [5.41, 5.74) is 7.12. The number of benzene rings is 1. The van der Waals surface area contributed by atoms with Gasteiger partial charge in [0.1, 0.15) is 0 Å². The lowest BCUT2D eigenvalue weighted by Crippen LogP contribution is -2.26. The van der Waals surface area contributed by atoms with Crippen molar-refractivity contribution in [3.63, 3.8) is 0 Å². The largest absolute Gasteiger partial charge is 0.398 e. The molecule has 0 unspecified atom stereocenters. The van der Waals surface area contributed by atoms with E-state index in [1.54, 1.807) is 6.07 Å². The smallest absolute Gasteiger partial charge is 0.273 e. The lowest BCUT2D eigenvalue weighted by atomic mass is 10.2. The Morgan fingerprint density at radius 3 is 2.71 bits per heavy atom. The molecule has 92 valence electrons. The molecule has 1 aliphatic carbocycles. The van der Waals surface area contributed by atoms with Crippen LogP contribution in [0, 0.1) is 10.1 Å². The van der Waals surface area contributed by atoms with Gasteiger partial charge in [0.05, 0.1) is 4.92 Å². The molecule has 17 heavy (non-hydrogen) atoms. The molecule has 2 N–H and O–H groups in total. The molecule has 0 spiro atoms. The highest BCUT2D eigenvalue weighted by molar-refractivity contribution is 5.63. The number of nitrogens with two attached hydrogens (primary N) is 1. The Kier molecular flexibility index (Phi) is 3.17. The van der Waals surface area contributed by atoms with Crippen molar-refractivity contribution >= 4 is 17.1 Å². The monoisotopic (exact) mass is 235 g/mol. The zero-order chi connectivity index (χ0) is 12.4. The third kappa shape index (κ3) is 2.67. The molecule has 1 aliphatic rings. The summed E-state index contributed by atoms with van der Waals surface area (Å²) in [5, 5.41) is 10.8. The zero-order valence-electron chi connectivity index (χ0n) is 9.93. The standard InChI is InChI=1S/C12H17N3O2/c1-2-5-14(10-3-4-10)11-6-9(13)7-12(8-11)15(16)17/h6-8,10H,2-5,13H2,1H3. The van der Waals surface area contributed by atoms with Crippen molar-refractivity contribution in [2.75, 3.05) is 17.2 Å². The highest BCUT2D eigenvalue weighted by Crippen LogP contribution is 2.34. The Balaban J connectivity index is 2.31. The molecule has 0 bridgehead atoms. The summed E-state index contributed by atoms with van der Waals surface area (Å²) in [6.45, 7) is 3.03. The number of anilines is 2. The van der Waals surface area contributed by atoms with Gasteiger partial charge in [-0.1, -0.05) is 6.92 Å². The highest BCUT2D eigenvalue weighted by atomic mass is 16.6. The molecule has 0 heterocycles. The molecule has 2 rings (SSSR count). The second-order valence-corrected chi connectivity index (χ2v) is 4.46. The van der Waals surface area contributed by atoms with Gasteiger partial charge in [-0.25, -0.2) is 0 Å². The second-order valence-electron chi connectivity index (χ2n) is 4.46. The van der Waals surface area contributed by atoms with Crippen LogP contribution in [-0.4, -0.2) is 17.5 Å². The number of nitrogen functional groups attached to an aromatic ring is 1. The number of hydrogen-bond donors (Lipinski definition) is 1. The lowest BCUT2D eigenvalue weighted by Gasteiger charge is -2.24. The van der Waals surface area contributed by atoms with E-state index in [0.717, 1.165) is 18.7 Å². The molecule has 1 aromatic rings. The first-order valence-corrected chi connectivity index (χ1v) is 5.93. The average molecular weight is 235 g/mol. The second kappa shape index (κ2) is 4.61. The summed E-state index contributed by atoms with van der Waals surface area (Å²) in [6.07, 6.45) is 3.37. The Bertz CT molecular complexity index is 430. The summed E-state index contributed by atoms with van der Waals surface area (Å²) < 4.78 is 0. The fourth-order valence-corrected chi connectivity index (χ4v) is 2.04. The Morgan fingerprint density at radius 2 is 2.18 bits per heavy atom. The van der Waals surface area contributed by atoms with Crippen LogP contribution in [0.25, 0.3) is 0 Å². The van der Waals surface area contributed by atoms with Crippen LogP contribution in [0.15, 0.2) is 18.2 Å². The van der Waals surface area contributed by atoms with Gasteiger partial charge in [-0.15, -0.1) is 0 Å². The summed E-state index contributed by atoms with van der Waals surface area (Å²) in [6, 6.07) is 5.38. The maximum Gasteiger partial charge on any atom is 0.273 e. The first kappa shape index (κ1) is 11.7. The predicted molar refractivity (Wildman–Crippen MR) is 68.2 cm³/mol. The summed E-state index contributed by atoms with van der Waals surface area (Å²) in [4.78, 5) is 12.6. The third-order valence-corrected chi connectivity index (χ3v) is 2.92. The van der Waals surface area contributed by atoms with Crippen LogP contribution >= 0.6 is 0 Å². The number of rotatable bonds is 5. The number of nitro groups is 1. The normalized spacial score (nSPS) is 14.6. The van der Waals surface area contributed by atoms with Crippen LogP contribution in [0.4, 0.5) is 17.1 Å². The molecule has 5 heteroatoms. The van der Waals surface area contributed by atoms with Gasteiger partial charge in [-0.2, -0.15) is 0 Å². The van der Waals surface area contributed by atoms with Crippen molar-refractivity contribution in [3.05, 3.63) is 28.3 Å². The molecule has 1 saturated carbocycles. The number of nitrogens with zero attached hydrogens (tertiary/aromatic N) is 2. The van der Waals surface area contributed by atoms with E-state index in [0.29, 0.717) is 11.7 Å². The van der Waals surface area contributed by atoms with E-state index >= 15 is 0 Å². The molecular formula is C12H17N3O2. The van der Waals surface area contributed by atoms with Gasteiger partial charge in [-0.3, -0.25) is 10.1 Å². The molecule has 0 aliphatic heterocycles. The van der Waals surface area contributed by atoms with Crippen LogP contribution in [0.3, 0.4) is 0 Å². The van der Waals surface area contributed by atoms with E-state index < -0.39 is 4.92 Å². The van der Waals surface area contributed by atoms with Crippen LogP contribution < -0.4 is 10.6 Å². The number of non-ortho nitro benzene ring substituents is 1. The van der Waals surface area contributed by atoms with E-state index in [4.69, 9.17) is 5.73 Å². The van der Waals surface area contributed by atoms with Crippen molar-refractivity contribution in [1.82, 2.24) is 0 Å². The molecule has 5 nitrogen and oxygen atoms in total. The molecule has 0 amide bonds. The van der Waals surface area contributed by atoms with E-state index in [1.165, 1.54) is 18.9 Å². The van der Waals surface area contributed by atoms with Crippen LogP contribution in [0.5, 0.6) is 0 Å². The van der Waals surface area contributed by atoms with E-state index in [-0.39, 0.29) is 5.69 Å². The minimum Gasteiger partial charge on any atom is -0.398 e. The molecular weight excluding hydrogens is 218 g/mol. The first-order valence-electron chi connectivity index (χ1n) is 5.93. The van der Waals surface area contributed by atoms with Gasteiger partial charge in [0.15, 0.2) is 0 Å². The minimum absolute atomic E-state index is 0.0711. The van der Waals surface area contributed by atoms with Gasteiger partial charge in [0.25, 0.3) is 5.69 Å². The zero-order valence-corrected chi connectivity index (χ0v) is 9.93. The van der Waals surface area contributed by atoms with Crippen LogP contribution in [0.2, 0.25) is 0 Å². The first-order chi connectivity index (χ1) is 8.11. The van der Waals surface area contributed by atoms with Crippen molar-refractivity contribution in [2.45, 2.75) is 32.2 Å². The SMILES string of the molecule is CCCN(c1cc(N)cc([N+](=O)[O-])c1)C1CC1. The molecule has 1 fully saturated rings. The third-order valence-electron chi connectivity index (χ3n) is 2.92. The number of hydrogen-bond acceptors (Lipinski definition) is 4. The molecule has 0 saturated heterocycles. The summed E-state index contributed by atoms with van der Waals surface area (Å²) in [5.74, 6) is 0. The van der Waals surface area contributed by atoms with Gasteiger partial charge in [-0.05, 0) is 25.3 Å². The quantitative estimate of drug-likeness (QED) is 0.483. The van der Waals surface area contributed by atoms with E-state index in [1.807, 2.05) is 6.07 Å². The Hall–Kier alpha value is -1.78. The molecule has 0 radical (unpaired) electrons. The topological polar surface area (TPSA) is 72.4 Å². The summed E-state index contributed by atoms with van der Waals surface area (Å²) >= 11 is 0. The van der Waals surface area contributed by atoms with Crippen molar-refractivity contribution in [2.24, 2.45) is 0 Å². The summed E-state index contributed by atoms with van der Waals surface area (Å²) in [7, 11) is 0. The molecule has 0 atom stereocenters. The van der Waals surface area contributed by atoms with Gasteiger partial charge >= 0.3 is 0 Å². The minimum atomic E-state index is -0.392. The van der Waals surface area contributed by atoms with Crippen molar-refractivity contribution in [1.29, 1.82) is 0 Å². The van der Waals surface area contributed by atoms with E-state index in [2.05, 4.69) is 11.8 Å². The Labute approximate surface area is 100 Å². The van der Waals surface area contributed by atoms with Crippen LogP contribution in [-0.2, 0) is 0 Å². The maximum atomic E-state index is 10.8. The van der Waals surface area contributed by atoms with Crippen LogP contribution in [0.1, 0.15) is 26.2 Å². The predicted octanol–water partition coefficient (Wildman–Crippen LogP) is 2.56. The lowest BCUT2D eigenvalue weighted by molar-refractivity contribution is -0.384. The molecule has 0 aromatic heterocycles. The van der Waals surface area contributed by atoms with Gasteiger partial charge in [0, 0.05) is 36.1 Å². The molecule has 1 aromatic carbocycles. The average Bonchev–Trinajstić information content (AvgIpc) is 3.08. The van der Waals surface area contributed by atoms with Crippen molar-refractivity contribution in [3.8, 4) is 0 Å². The van der Waals surface area contributed by atoms with E-state index in [9.17, 15) is 10.1 Å². The fourth-order valence-electron chi connectivity index (χ4n) is 2.04. The van der Waals surface area contributed by atoms with Gasteiger partial charge in [0.2, 0.25) is 0 Å². The Morgan fingerprint density at radius 1 is 1.47 bits per heavy atom.